The smallest absolute Gasteiger partial charge is 0.326 e. The standard InChI is InChI=1S/C11H20N2O3/c1-3-12-7-9(14)13-6-4-5-8(2)10(13)11(15)16/h8,10,12H,3-7H2,1-2H3,(H,15,16). The van der Waals surface area contributed by atoms with Gasteiger partial charge >= 0.3 is 5.97 Å². The number of carboxylic acids is 1. The number of hydrogen-bond acceptors (Lipinski definition) is 3. The molecule has 2 unspecified atom stereocenters. The summed E-state index contributed by atoms with van der Waals surface area (Å²) in [5, 5.41) is 12.1. The van der Waals surface area contributed by atoms with Crippen molar-refractivity contribution < 1.29 is 14.7 Å². The maximum absolute atomic E-state index is 11.8. The van der Waals surface area contributed by atoms with Gasteiger partial charge < -0.3 is 15.3 Å². The van der Waals surface area contributed by atoms with E-state index in [4.69, 9.17) is 5.11 Å². The summed E-state index contributed by atoms with van der Waals surface area (Å²) < 4.78 is 0. The molecule has 1 rings (SSSR count). The lowest BCUT2D eigenvalue weighted by Crippen LogP contribution is -2.54. The lowest BCUT2D eigenvalue weighted by atomic mass is 9.91. The first kappa shape index (κ1) is 13.0. The molecule has 1 fully saturated rings. The fraction of sp³-hybridized carbons (Fsp3) is 0.818. The predicted octanol–water partition coefficient (Wildman–Crippen LogP) is 0.308. The molecule has 0 aliphatic carbocycles. The number of nitrogens with one attached hydrogen (secondary N) is 1. The largest absolute Gasteiger partial charge is 0.480 e. The van der Waals surface area contributed by atoms with Crippen LogP contribution in [-0.2, 0) is 9.59 Å². The van der Waals surface area contributed by atoms with E-state index < -0.39 is 12.0 Å². The maximum atomic E-state index is 11.8. The molecule has 0 spiro atoms. The highest BCUT2D eigenvalue weighted by Gasteiger charge is 2.36. The molecular formula is C11H20N2O3. The lowest BCUT2D eigenvalue weighted by molar-refractivity contribution is -0.154. The lowest BCUT2D eigenvalue weighted by Gasteiger charge is -2.37. The number of nitrogens with zero attached hydrogens (tertiary/aromatic N) is 1. The summed E-state index contributed by atoms with van der Waals surface area (Å²) in [5.41, 5.74) is 0. The van der Waals surface area contributed by atoms with E-state index in [9.17, 15) is 9.59 Å². The minimum atomic E-state index is -0.892. The second-order valence-electron chi connectivity index (χ2n) is 4.27. The first-order valence-corrected chi connectivity index (χ1v) is 5.81. The molecule has 0 aromatic carbocycles. The van der Waals surface area contributed by atoms with Gasteiger partial charge in [-0.15, -0.1) is 0 Å². The van der Waals surface area contributed by atoms with Crippen molar-refractivity contribution in [2.75, 3.05) is 19.6 Å². The first-order valence-electron chi connectivity index (χ1n) is 5.81. The van der Waals surface area contributed by atoms with Gasteiger partial charge in [0.25, 0.3) is 0 Å². The van der Waals surface area contributed by atoms with Gasteiger partial charge in [-0.1, -0.05) is 13.8 Å². The van der Waals surface area contributed by atoms with Crippen LogP contribution in [0.15, 0.2) is 0 Å². The predicted molar refractivity (Wildman–Crippen MR) is 60.1 cm³/mol. The Morgan fingerprint density at radius 3 is 2.75 bits per heavy atom. The molecule has 1 aliphatic rings. The molecule has 0 aromatic heterocycles. The molecule has 92 valence electrons. The minimum absolute atomic E-state index is 0.0387. The van der Waals surface area contributed by atoms with Gasteiger partial charge in [-0.25, -0.2) is 4.79 Å². The highest BCUT2D eigenvalue weighted by Crippen LogP contribution is 2.23. The molecule has 1 saturated heterocycles. The van der Waals surface area contributed by atoms with Crippen LogP contribution in [0.1, 0.15) is 26.7 Å². The summed E-state index contributed by atoms with van der Waals surface area (Å²) >= 11 is 0. The fourth-order valence-corrected chi connectivity index (χ4v) is 2.18. The highest BCUT2D eigenvalue weighted by molar-refractivity contribution is 5.85. The Labute approximate surface area is 95.8 Å². The Hall–Kier alpha value is -1.10. The minimum Gasteiger partial charge on any atom is -0.480 e. The molecule has 0 aromatic rings. The summed E-state index contributed by atoms with van der Waals surface area (Å²) in [6, 6.07) is -0.653. The van der Waals surface area contributed by atoms with Crippen molar-refractivity contribution in [3.63, 3.8) is 0 Å². The fourth-order valence-electron chi connectivity index (χ4n) is 2.18. The number of rotatable bonds is 4. The van der Waals surface area contributed by atoms with Gasteiger partial charge in [-0.2, -0.15) is 0 Å². The second-order valence-corrected chi connectivity index (χ2v) is 4.27. The number of likely N-dealkylation sites (tertiary alicyclic amines) is 1. The summed E-state index contributed by atoms with van der Waals surface area (Å²) in [5.74, 6) is -0.963. The van der Waals surface area contributed by atoms with Crippen molar-refractivity contribution in [2.45, 2.75) is 32.7 Å². The van der Waals surface area contributed by atoms with Crippen LogP contribution in [0.25, 0.3) is 0 Å². The quantitative estimate of drug-likeness (QED) is 0.726. The average Bonchev–Trinajstić information content (AvgIpc) is 2.24. The molecule has 0 radical (unpaired) electrons. The number of hydrogen-bond donors (Lipinski definition) is 2. The van der Waals surface area contributed by atoms with Gasteiger partial charge in [0.05, 0.1) is 6.54 Å². The Morgan fingerprint density at radius 2 is 2.19 bits per heavy atom. The number of carboxylic acid groups (broad SMARTS) is 1. The van der Waals surface area contributed by atoms with Gasteiger partial charge in [0.15, 0.2) is 0 Å². The van der Waals surface area contributed by atoms with Crippen LogP contribution in [0.2, 0.25) is 0 Å². The van der Waals surface area contributed by atoms with Gasteiger partial charge in [-0.05, 0) is 25.3 Å². The van der Waals surface area contributed by atoms with E-state index in [1.165, 1.54) is 4.90 Å². The van der Waals surface area contributed by atoms with E-state index in [2.05, 4.69) is 5.32 Å². The summed E-state index contributed by atoms with van der Waals surface area (Å²) in [6.45, 7) is 5.32. The Morgan fingerprint density at radius 1 is 1.50 bits per heavy atom. The molecule has 0 bridgehead atoms. The number of likely N-dealkylation sites (N-methyl/N-ethyl adjacent to an activating group) is 1. The zero-order valence-corrected chi connectivity index (χ0v) is 9.90. The van der Waals surface area contributed by atoms with Crippen LogP contribution in [0.3, 0.4) is 0 Å². The van der Waals surface area contributed by atoms with E-state index in [-0.39, 0.29) is 18.4 Å². The molecule has 1 amide bonds. The van der Waals surface area contributed by atoms with Gasteiger partial charge in [0, 0.05) is 6.54 Å². The Bertz CT molecular complexity index is 268. The monoisotopic (exact) mass is 228 g/mol. The molecule has 16 heavy (non-hydrogen) atoms. The average molecular weight is 228 g/mol. The number of aliphatic carboxylic acids is 1. The molecule has 5 heteroatoms. The van der Waals surface area contributed by atoms with E-state index in [1.807, 2.05) is 13.8 Å². The molecule has 1 aliphatic heterocycles. The van der Waals surface area contributed by atoms with Crippen LogP contribution < -0.4 is 5.32 Å². The van der Waals surface area contributed by atoms with Crippen molar-refractivity contribution in [2.24, 2.45) is 5.92 Å². The van der Waals surface area contributed by atoms with Crippen LogP contribution in [-0.4, -0.2) is 47.6 Å². The number of amides is 1. The molecule has 2 N–H and O–H groups in total. The van der Waals surface area contributed by atoms with E-state index >= 15 is 0 Å². The molecule has 5 nitrogen and oxygen atoms in total. The van der Waals surface area contributed by atoms with Crippen molar-refractivity contribution in [3.8, 4) is 0 Å². The van der Waals surface area contributed by atoms with E-state index in [1.54, 1.807) is 0 Å². The Balaban J connectivity index is 2.67. The van der Waals surface area contributed by atoms with Gasteiger partial charge in [0.1, 0.15) is 6.04 Å². The number of carbonyl (C=O) groups is 2. The summed E-state index contributed by atoms with van der Waals surface area (Å²) in [6.07, 6.45) is 1.77. The van der Waals surface area contributed by atoms with Crippen molar-refractivity contribution in [1.29, 1.82) is 0 Å². The molecule has 2 atom stereocenters. The number of piperidine rings is 1. The van der Waals surface area contributed by atoms with Crippen molar-refractivity contribution >= 4 is 11.9 Å². The van der Waals surface area contributed by atoms with Crippen LogP contribution in [0.4, 0.5) is 0 Å². The van der Waals surface area contributed by atoms with Crippen LogP contribution in [0.5, 0.6) is 0 Å². The zero-order valence-electron chi connectivity index (χ0n) is 9.90. The van der Waals surface area contributed by atoms with Gasteiger partial charge in [0.2, 0.25) is 5.91 Å². The zero-order chi connectivity index (χ0) is 12.1. The maximum Gasteiger partial charge on any atom is 0.326 e. The molecule has 1 heterocycles. The topological polar surface area (TPSA) is 69.6 Å². The first-order chi connectivity index (χ1) is 7.57. The van der Waals surface area contributed by atoms with Gasteiger partial charge in [-0.3, -0.25) is 4.79 Å². The van der Waals surface area contributed by atoms with Crippen molar-refractivity contribution in [3.05, 3.63) is 0 Å². The summed E-state index contributed by atoms with van der Waals surface area (Å²) in [4.78, 5) is 24.5. The SMILES string of the molecule is CCNCC(=O)N1CCCC(C)C1C(=O)O. The highest BCUT2D eigenvalue weighted by atomic mass is 16.4. The second kappa shape index (κ2) is 5.84. The van der Waals surface area contributed by atoms with Crippen LogP contribution in [0, 0.1) is 5.92 Å². The van der Waals surface area contributed by atoms with E-state index in [0.717, 1.165) is 12.8 Å². The normalized spacial score (nSPS) is 25.5. The third kappa shape index (κ3) is 2.95. The third-order valence-electron chi connectivity index (χ3n) is 3.03. The van der Waals surface area contributed by atoms with Crippen molar-refractivity contribution in [1.82, 2.24) is 10.2 Å². The van der Waals surface area contributed by atoms with Crippen LogP contribution >= 0.6 is 0 Å². The summed E-state index contributed by atoms with van der Waals surface area (Å²) in [7, 11) is 0. The molecule has 0 saturated carbocycles. The van der Waals surface area contributed by atoms with E-state index in [0.29, 0.717) is 13.1 Å². The molecular weight excluding hydrogens is 208 g/mol. The Kier molecular flexibility index (Phi) is 4.73. The third-order valence-corrected chi connectivity index (χ3v) is 3.03. The number of carbonyl (C=O) groups excluding carboxylic acids is 1.